The fourth-order valence-corrected chi connectivity index (χ4v) is 1.99. The molecule has 6 nitrogen and oxygen atoms in total. The zero-order valence-electron chi connectivity index (χ0n) is 13.3. The van der Waals surface area contributed by atoms with Gasteiger partial charge in [-0.1, -0.05) is 0 Å². The zero-order valence-corrected chi connectivity index (χ0v) is 13.3. The van der Waals surface area contributed by atoms with Crippen molar-refractivity contribution in [2.45, 2.75) is 12.3 Å². The minimum absolute atomic E-state index is 0.0784. The quantitative estimate of drug-likeness (QED) is 0.601. The Bertz CT molecular complexity index is 596. The molecule has 0 aromatic heterocycles. The number of alkyl halides is 3. The second kappa shape index (κ2) is 8.72. The molecule has 0 aliphatic carbocycles. The molecule has 1 fully saturated rings. The number of ether oxygens (including phenoxy) is 4. The monoisotopic (exact) mass is 360 g/mol. The molecule has 1 aliphatic rings. The largest absolute Gasteiger partial charge is 0.484 e. The van der Waals surface area contributed by atoms with Gasteiger partial charge in [0, 0.05) is 11.8 Å². The Kier molecular flexibility index (Phi) is 6.65. The van der Waals surface area contributed by atoms with E-state index in [1.165, 1.54) is 30.3 Å². The van der Waals surface area contributed by atoms with Crippen LogP contribution in [0.15, 0.2) is 30.3 Å². The first-order valence-corrected chi connectivity index (χ1v) is 7.51. The number of hydrogen-bond acceptors (Lipinski definition) is 6. The number of halogens is 3. The van der Waals surface area contributed by atoms with Gasteiger partial charge in [-0.3, -0.25) is 5.41 Å². The highest BCUT2D eigenvalue weighted by Gasteiger charge is 2.28. The van der Waals surface area contributed by atoms with Crippen LogP contribution in [0.2, 0.25) is 0 Å². The standard InChI is InChI=1S/C16H19F3N2O4/c17-16(18,19)10-25-12-3-1-11(2-4-12)14(20)7-15(21)24-9-13-8-22-5-6-23-13/h1-4,7,13,21H,5-6,8-10,20H2/b14-7-,21-15?. The van der Waals surface area contributed by atoms with Gasteiger partial charge >= 0.3 is 6.18 Å². The van der Waals surface area contributed by atoms with E-state index < -0.39 is 12.8 Å². The predicted molar refractivity (Wildman–Crippen MR) is 84.4 cm³/mol. The molecule has 1 saturated heterocycles. The Morgan fingerprint density at radius 1 is 1.28 bits per heavy atom. The maximum Gasteiger partial charge on any atom is 0.422 e. The number of benzene rings is 1. The highest BCUT2D eigenvalue weighted by molar-refractivity contribution is 5.92. The van der Waals surface area contributed by atoms with Crippen LogP contribution in [0.3, 0.4) is 0 Å². The van der Waals surface area contributed by atoms with Gasteiger partial charge in [-0.15, -0.1) is 0 Å². The minimum atomic E-state index is -4.39. The minimum Gasteiger partial charge on any atom is -0.484 e. The van der Waals surface area contributed by atoms with Crippen LogP contribution < -0.4 is 10.5 Å². The molecular formula is C16H19F3N2O4. The first-order chi connectivity index (χ1) is 11.8. The average Bonchev–Trinajstić information content (AvgIpc) is 2.59. The number of rotatable bonds is 6. The highest BCUT2D eigenvalue weighted by Crippen LogP contribution is 2.20. The van der Waals surface area contributed by atoms with E-state index in [1.54, 1.807) is 0 Å². The molecule has 1 aromatic carbocycles. The van der Waals surface area contributed by atoms with Gasteiger partial charge in [-0.05, 0) is 29.8 Å². The summed E-state index contributed by atoms with van der Waals surface area (Å²) in [6, 6.07) is 5.75. The van der Waals surface area contributed by atoms with Crippen molar-refractivity contribution in [2.75, 3.05) is 33.0 Å². The van der Waals surface area contributed by atoms with Gasteiger partial charge in [0.05, 0.1) is 19.8 Å². The van der Waals surface area contributed by atoms with Gasteiger partial charge < -0.3 is 24.7 Å². The molecule has 1 unspecified atom stereocenters. The van der Waals surface area contributed by atoms with Crippen molar-refractivity contribution in [3.63, 3.8) is 0 Å². The Morgan fingerprint density at radius 2 is 2.00 bits per heavy atom. The second-order valence-corrected chi connectivity index (χ2v) is 5.27. The van der Waals surface area contributed by atoms with Crippen LogP contribution in [0.25, 0.3) is 5.70 Å². The Balaban J connectivity index is 1.84. The lowest BCUT2D eigenvalue weighted by atomic mass is 10.1. The van der Waals surface area contributed by atoms with Crippen LogP contribution in [0.5, 0.6) is 5.75 Å². The summed E-state index contributed by atoms with van der Waals surface area (Å²) in [7, 11) is 0. The summed E-state index contributed by atoms with van der Waals surface area (Å²) in [5.41, 5.74) is 6.64. The summed E-state index contributed by atoms with van der Waals surface area (Å²) >= 11 is 0. The van der Waals surface area contributed by atoms with Gasteiger partial charge in [0.2, 0.25) is 5.90 Å². The lowest BCUT2D eigenvalue weighted by molar-refractivity contribution is -0.153. The van der Waals surface area contributed by atoms with Crippen molar-refractivity contribution < 1.29 is 32.1 Å². The van der Waals surface area contributed by atoms with Gasteiger partial charge in [-0.2, -0.15) is 13.2 Å². The molecule has 138 valence electrons. The molecule has 0 radical (unpaired) electrons. The van der Waals surface area contributed by atoms with Crippen molar-refractivity contribution >= 4 is 11.6 Å². The van der Waals surface area contributed by atoms with Crippen molar-refractivity contribution in [2.24, 2.45) is 5.73 Å². The van der Waals surface area contributed by atoms with Crippen LogP contribution >= 0.6 is 0 Å². The second-order valence-electron chi connectivity index (χ2n) is 5.27. The van der Waals surface area contributed by atoms with Crippen LogP contribution in [0.1, 0.15) is 5.56 Å². The SMILES string of the molecule is N=C(/C=C(\N)c1ccc(OCC(F)(F)F)cc1)OCC1COCCO1. The molecule has 25 heavy (non-hydrogen) atoms. The normalized spacial score (nSPS) is 18.7. The molecule has 1 atom stereocenters. The Morgan fingerprint density at radius 3 is 2.60 bits per heavy atom. The third-order valence-corrected chi connectivity index (χ3v) is 3.19. The maximum atomic E-state index is 12.1. The fourth-order valence-electron chi connectivity index (χ4n) is 1.99. The number of nitrogens with one attached hydrogen (secondary N) is 1. The van der Waals surface area contributed by atoms with Crippen LogP contribution in [-0.2, 0) is 14.2 Å². The molecule has 0 spiro atoms. The van der Waals surface area contributed by atoms with Crippen LogP contribution in [0.4, 0.5) is 13.2 Å². The van der Waals surface area contributed by atoms with Gasteiger partial charge in [0.15, 0.2) is 6.61 Å². The summed E-state index contributed by atoms with van der Waals surface area (Å²) in [5.74, 6) is -0.0706. The summed E-state index contributed by atoms with van der Waals surface area (Å²) in [6.07, 6.45) is -3.30. The molecule has 1 heterocycles. The van der Waals surface area contributed by atoms with E-state index in [1.807, 2.05) is 0 Å². The Hall–Kier alpha value is -2.26. The topological polar surface area (TPSA) is 86.8 Å². The van der Waals surface area contributed by atoms with Crippen molar-refractivity contribution in [3.05, 3.63) is 35.9 Å². The molecule has 1 aromatic rings. The maximum absolute atomic E-state index is 12.1. The number of hydrogen-bond donors (Lipinski definition) is 2. The van der Waals surface area contributed by atoms with Gasteiger partial charge in [-0.25, -0.2) is 0 Å². The summed E-state index contributed by atoms with van der Waals surface area (Å²) in [6.45, 7) is 0.257. The smallest absolute Gasteiger partial charge is 0.422 e. The zero-order chi connectivity index (χ0) is 18.3. The van der Waals surface area contributed by atoms with Crippen molar-refractivity contribution in [1.82, 2.24) is 0 Å². The molecule has 2 rings (SSSR count). The van der Waals surface area contributed by atoms with E-state index in [0.717, 1.165) is 0 Å². The number of nitrogens with two attached hydrogens (primary N) is 1. The van der Waals surface area contributed by atoms with Crippen LogP contribution in [0, 0.1) is 5.41 Å². The molecule has 0 amide bonds. The summed E-state index contributed by atoms with van der Waals surface area (Å²) in [4.78, 5) is 0. The highest BCUT2D eigenvalue weighted by atomic mass is 19.4. The van der Waals surface area contributed by atoms with Gasteiger partial charge in [0.25, 0.3) is 0 Å². The van der Waals surface area contributed by atoms with Crippen molar-refractivity contribution in [3.8, 4) is 5.75 Å². The van der Waals surface area contributed by atoms with Crippen LogP contribution in [-0.4, -0.2) is 51.2 Å². The molecule has 9 heteroatoms. The van der Waals surface area contributed by atoms with E-state index in [2.05, 4.69) is 4.74 Å². The molecular weight excluding hydrogens is 341 g/mol. The van der Waals surface area contributed by atoms with E-state index in [9.17, 15) is 13.2 Å². The molecule has 1 aliphatic heterocycles. The summed E-state index contributed by atoms with van der Waals surface area (Å²) in [5, 5.41) is 7.74. The predicted octanol–water partition coefficient (Wildman–Crippen LogP) is 2.34. The van der Waals surface area contributed by atoms with E-state index in [4.69, 9.17) is 25.4 Å². The summed E-state index contributed by atoms with van der Waals surface area (Å²) < 4.78 is 56.7. The fraction of sp³-hybridized carbons (Fsp3) is 0.438. The first-order valence-electron chi connectivity index (χ1n) is 7.51. The van der Waals surface area contributed by atoms with Gasteiger partial charge in [0.1, 0.15) is 18.5 Å². The third kappa shape index (κ3) is 7.02. The lowest BCUT2D eigenvalue weighted by Crippen LogP contribution is -2.33. The van der Waals surface area contributed by atoms with E-state index >= 15 is 0 Å². The molecule has 3 N–H and O–H groups in total. The molecule has 0 saturated carbocycles. The lowest BCUT2D eigenvalue weighted by Gasteiger charge is -2.22. The van der Waals surface area contributed by atoms with E-state index in [0.29, 0.717) is 25.4 Å². The molecule has 0 bridgehead atoms. The Labute approximate surface area is 142 Å². The van der Waals surface area contributed by atoms with E-state index in [-0.39, 0.29) is 30.1 Å². The first kappa shape index (κ1) is 19.1. The average molecular weight is 360 g/mol. The third-order valence-electron chi connectivity index (χ3n) is 3.19. The van der Waals surface area contributed by atoms with Crippen molar-refractivity contribution in [1.29, 1.82) is 5.41 Å².